The molecule has 0 aliphatic rings. The Bertz CT molecular complexity index is 664. The maximum Gasteiger partial charge on any atom is 0.193 e. The second-order valence-electron chi connectivity index (χ2n) is 4.94. The molecule has 0 aliphatic heterocycles. The van der Waals surface area contributed by atoms with Gasteiger partial charge in [0, 0.05) is 16.3 Å². The molecule has 0 saturated carbocycles. The molecule has 0 bridgehead atoms. The van der Waals surface area contributed by atoms with Gasteiger partial charge in [-0.2, -0.15) is 0 Å². The highest BCUT2D eigenvalue weighted by molar-refractivity contribution is 14.0. The Balaban J connectivity index is 0.00000264. The summed E-state index contributed by atoms with van der Waals surface area (Å²) in [7, 11) is 0. The number of anilines is 1. The Morgan fingerprint density at radius 2 is 2.00 bits per heavy atom. The van der Waals surface area contributed by atoms with Crippen LogP contribution in [0.3, 0.4) is 0 Å². The van der Waals surface area contributed by atoms with E-state index in [1.807, 2.05) is 30.3 Å². The molecular formula is C17H21ClIN3O. The second-order valence-corrected chi connectivity index (χ2v) is 5.35. The SMILES string of the molecule is CCc1cccc(NC(N)=NCC(O)c2ccccc2Cl)c1.I. The minimum Gasteiger partial charge on any atom is -0.386 e. The smallest absolute Gasteiger partial charge is 0.193 e. The van der Waals surface area contributed by atoms with Gasteiger partial charge in [-0.05, 0) is 30.2 Å². The fourth-order valence-corrected chi connectivity index (χ4v) is 2.35. The van der Waals surface area contributed by atoms with Crippen molar-refractivity contribution in [3.63, 3.8) is 0 Å². The number of aliphatic hydroxyl groups excluding tert-OH is 1. The van der Waals surface area contributed by atoms with Crippen LogP contribution in [0.2, 0.25) is 5.02 Å². The molecule has 2 aromatic rings. The highest BCUT2D eigenvalue weighted by Gasteiger charge is 2.10. The van der Waals surface area contributed by atoms with Crippen LogP contribution in [0.15, 0.2) is 53.5 Å². The molecule has 1 unspecified atom stereocenters. The standard InChI is InChI=1S/C17H20ClN3O.HI/c1-2-12-6-5-7-13(10-12)21-17(19)20-11-16(22)14-8-3-4-9-15(14)18;/h3-10,16,22H,2,11H2,1H3,(H3,19,20,21);1H. The summed E-state index contributed by atoms with van der Waals surface area (Å²) in [6.07, 6.45) is 0.175. The van der Waals surface area contributed by atoms with E-state index in [0.29, 0.717) is 10.6 Å². The number of benzene rings is 2. The van der Waals surface area contributed by atoms with Crippen LogP contribution in [0, 0.1) is 0 Å². The van der Waals surface area contributed by atoms with E-state index in [-0.39, 0.29) is 36.5 Å². The Labute approximate surface area is 158 Å². The van der Waals surface area contributed by atoms with E-state index in [9.17, 15) is 5.11 Å². The van der Waals surface area contributed by atoms with Gasteiger partial charge in [0.15, 0.2) is 5.96 Å². The zero-order valence-electron chi connectivity index (χ0n) is 12.9. The van der Waals surface area contributed by atoms with Gasteiger partial charge >= 0.3 is 0 Å². The monoisotopic (exact) mass is 445 g/mol. The lowest BCUT2D eigenvalue weighted by Gasteiger charge is -2.11. The highest BCUT2D eigenvalue weighted by Crippen LogP contribution is 2.22. The van der Waals surface area contributed by atoms with Crippen molar-refractivity contribution in [2.75, 3.05) is 11.9 Å². The first-order chi connectivity index (χ1) is 10.6. The molecular weight excluding hydrogens is 425 g/mol. The molecule has 4 nitrogen and oxygen atoms in total. The third-order valence-corrected chi connectivity index (χ3v) is 3.65. The Hall–Kier alpha value is -1.31. The third kappa shape index (κ3) is 6.01. The molecule has 0 fully saturated rings. The van der Waals surface area contributed by atoms with Crippen molar-refractivity contribution >= 4 is 47.2 Å². The predicted molar refractivity (Wildman–Crippen MR) is 108 cm³/mol. The number of hydrogen-bond acceptors (Lipinski definition) is 2. The number of nitrogens with zero attached hydrogens (tertiary/aromatic N) is 1. The number of aryl methyl sites for hydroxylation is 1. The lowest BCUT2D eigenvalue weighted by atomic mass is 10.1. The van der Waals surface area contributed by atoms with E-state index in [1.165, 1.54) is 5.56 Å². The molecule has 6 heteroatoms. The van der Waals surface area contributed by atoms with Crippen molar-refractivity contribution in [1.29, 1.82) is 0 Å². The van der Waals surface area contributed by atoms with Gasteiger partial charge in [-0.1, -0.05) is 48.9 Å². The van der Waals surface area contributed by atoms with Gasteiger partial charge in [-0.15, -0.1) is 24.0 Å². The van der Waals surface area contributed by atoms with E-state index < -0.39 is 6.10 Å². The van der Waals surface area contributed by atoms with Crippen LogP contribution >= 0.6 is 35.6 Å². The Morgan fingerprint density at radius 1 is 1.26 bits per heavy atom. The first-order valence-electron chi connectivity index (χ1n) is 7.18. The van der Waals surface area contributed by atoms with Crippen LogP contribution < -0.4 is 11.1 Å². The molecule has 0 amide bonds. The molecule has 4 N–H and O–H groups in total. The van der Waals surface area contributed by atoms with Crippen LogP contribution in [0.1, 0.15) is 24.2 Å². The van der Waals surface area contributed by atoms with Gasteiger partial charge in [0.25, 0.3) is 0 Å². The molecule has 0 aliphatic carbocycles. The summed E-state index contributed by atoms with van der Waals surface area (Å²) in [5, 5.41) is 13.7. The van der Waals surface area contributed by atoms with Crippen LogP contribution in [-0.2, 0) is 6.42 Å². The zero-order chi connectivity index (χ0) is 15.9. The van der Waals surface area contributed by atoms with E-state index in [2.05, 4.69) is 23.3 Å². The Kier molecular flexibility index (Phi) is 8.36. The summed E-state index contributed by atoms with van der Waals surface area (Å²) < 4.78 is 0. The minimum absolute atomic E-state index is 0. The van der Waals surface area contributed by atoms with Gasteiger partial charge in [0.1, 0.15) is 6.10 Å². The van der Waals surface area contributed by atoms with E-state index in [4.69, 9.17) is 17.3 Å². The summed E-state index contributed by atoms with van der Waals surface area (Å²) in [5.74, 6) is 0.263. The van der Waals surface area contributed by atoms with Crippen LogP contribution in [0.4, 0.5) is 5.69 Å². The fraction of sp³-hybridized carbons (Fsp3) is 0.235. The number of rotatable bonds is 5. The molecule has 0 aromatic heterocycles. The number of guanidine groups is 1. The summed E-state index contributed by atoms with van der Waals surface area (Å²) in [4.78, 5) is 4.17. The number of nitrogens with one attached hydrogen (secondary N) is 1. The topological polar surface area (TPSA) is 70.6 Å². The van der Waals surface area contributed by atoms with Gasteiger partial charge < -0.3 is 16.2 Å². The number of aliphatic hydroxyl groups is 1. The van der Waals surface area contributed by atoms with Crippen LogP contribution in [-0.4, -0.2) is 17.6 Å². The molecule has 0 saturated heterocycles. The first kappa shape index (κ1) is 19.7. The predicted octanol–water partition coefficient (Wildman–Crippen LogP) is 3.98. The van der Waals surface area contributed by atoms with Crippen LogP contribution in [0.25, 0.3) is 0 Å². The molecule has 2 rings (SSSR count). The maximum atomic E-state index is 10.1. The summed E-state index contributed by atoms with van der Waals surface area (Å²) in [6, 6.07) is 15.1. The lowest BCUT2D eigenvalue weighted by molar-refractivity contribution is 0.187. The van der Waals surface area contributed by atoms with Crippen LogP contribution in [0.5, 0.6) is 0 Å². The quantitative estimate of drug-likeness (QED) is 0.370. The van der Waals surface area contributed by atoms with Gasteiger partial charge in [-0.3, -0.25) is 4.99 Å². The number of halogens is 2. The zero-order valence-corrected chi connectivity index (χ0v) is 16.0. The average Bonchev–Trinajstić information content (AvgIpc) is 2.53. The molecule has 0 spiro atoms. The van der Waals surface area contributed by atoms with E-state index in [0.717, 1.165) is 12.1 Å². The lowest BCUT2D eigenvalue weighted by Crippen LogP contribution is -2.23. The van der Waals surface area contributed by atoms with Crippen molar-refractivity contribution in [3.8, 4) is 0 Å². The van der Waals surface area contributed by atoms with Gasteiger partial charge in [0.2, 0.25) is 0 Å². The highest BCUT2D eigenvalue weighted by atomic mass is 127. The minimum atomic E-state index is -0.781. The summed E-state index contributed by atoms with van der Waals surface area (Å²) >= 11 is 6.04. The number of aliphatic imine (C=N–C) groups is 1. The summed E-state index contributed by atoms with van der Waals surface area (Å²) in [6.45, 7) is 2.24. The first-order valence-corrected chi connectivity index (χ1v) is 7.56. The summed E-state index contributed by atoms with van der Waals surface area (Å²) in [5.41, 5.74) is 8.60. The number of nitrogens with two attached hydrogens (primary N) is 1. The molecule has 124 valence electrons. The van der Waals surface area contributed by atoms with Crippen molar-refractivity contribution < 1.29 is 5.11 Å². The molecule has 23 heavy (non-hydrogen) atoms. The van der Waals surface area contributed by atoms with Crippen molar-refractivity contribution in [2.45, 2.75) is 19.4 Å². The maximum absolute atomic E-state index is 10.1. The second kappa shape index (κ2) is 9.75. The molecule has 0 radical (unpaired) electrons. The largest absolute Gasteiger partial charge is 0.386 e. The third-order valence-electron chi connectivity index (χ3n) is 3.31. The molecule has 0 heterocycles. The van der Waals surface area contributed by atoms with Crippen molar-refractivity contribution in [1.82, 2.24) is 0 Å². The number of hydrogen-bond donors (Lipinski definition) is 3. The van der Waals surface area contributed by atoms with Crippen molar-refractivity contribution in [2.24, 2.45) is 10.7 Å². The normalized spacial score (nSPS) is 12.4. The molecule has 1 atom stereocenters. The Morgan fingerprint density at radius 3 is 2.70 bits per heavy atom. The average molecular weight is 446 g/mol. The van der Waals surface area contributed by atoms with Gasteiger partial charge in [-0.25, -0.2) is 0 Å². The van der Waals surface area contributed by atoms with E-state index in [1.54, 1.807) is 12.1 Å². The fourth-order valence-electron chi connectivity index (χ4n) is 2.08. The van der Waals surface area contributed by atoms with Gasteiger partial charge in [0.05, 0.1) is 6.54 Å². The van der Waals surface area contributed by atoms with E-state index >= 15 is 0 Å². The van der Waals surface area contributed by atoms with Crippen molar-refractivity contribution in [3.05, 3.63) is 64.7 Å². The molecule has 2 aromatic carbocycles.